The molecular weight excluding hydrogens is 414 g/mol. The Morgan fingerprint density at radius 2 is 1.21 bits per heavy atom. The zero-order valence-electron chi connectivity index (χ0n) is 15.9. The van der Waals surface area contributed by atoms with Crippen molar-refractivity contribution in [1.29, 1.82) is 0 Å². The third kappa shape index (κ3) is 4.00. The Labute approximate surface area is 171 Å². The van der Waals surface area contributed by atoms with Crippen LogP contribution in [-0.2, 0) is 20.0 Å². The van der Waals surface area contributed by atoms with Crippen molar-refractivity contribution >= 4 is 25.9 Å². The van der Waals surface area contributed by atoms with Crippen LogP contribution in [0.4, 0.5) is 5.82 Å². The molecule has 1 aromatic heterocycles. The molecule has 11 heteroatoms. The molecule has 2 aromatic rings. The summed E-state index contributed by atoms with van der Waals surface area (Å²) in [4.78, 5) is 10.5. The highest BCUT2D eigenvalue weighted by molar-refractivity contribution is 7.89. The summed E-state index contributed by atoms with van der Waals surface area (Å²) >= 11 is 0. The zero-order valence-corrected chi connectivity index (χ0v) is 17.5. The van der Waals surface area contributed by atoms with Crippen LogP contribution in [-0.4, -0.2) is 74.7 Å². The van der Waals surface area contributed by atoms with Gasteiger partial charge in [0.15, 0.2) is 0 Å². The van der Waals surface area contributed by atoms with Crippen molar-refractivity contribution in [2.45, 2.75) is 22.6 Å². The highest BCUT2D eigenvalue weighted by Gasteiger charge is 2.31. The Kier molecular flexibility index (Phi) is 5.56. The number of rotatable bonds is 5. The highest BCUT2D eigenvalue weighted by Crippen LogP contribution is 2.24. The average Bonchev–Trinajstić information content (AvgIpc) is 3.30. The second-order valence-corrected chi connectivity index (χ2v) is 10.9. The first-order valence-corrected chi connectivity index (χ1v) is 12.4. The fourth-order valence-corrected chi connectivity index (χ4v) is 6.56. The first-order chi connectivity index (χ1) is 13.9. The van der Waals surface area contributed by atoms with E-state index in [0.29, 0.717) is 39.3 Å². The fourth-order valence-electron chi connectivity index (χ4n) is 3.62. The Hall–Kier alpha value is -2.08. The Balaban J connectivity index is 1.47. The van der Waals surface area contributed by atoms with Gasteiger partial charge in [-0.25, -0.2) is 21.8 Å². The smallest absolute Gasteiger partial charge is 0.243 e. The van der Waals surface area contributed by atoms with Crippen LogP contribution in [0.2, 0.25) is 0 Å². The Morgan fingerprint density at radius 1 is 0.690 bits per heavy atom. The molecule has 0 aliphatic carbocycles. The minimum Gasteiger partial charge on any atom is -0.353 e. The summed E-state index contributed by atoms with van der Waals surface area (Å²) < 4.78 is 54.0. The van der Waals surface area contributed by atoms with Crippen molar-refractivity contribution in [3.8, 4) is 0 Å². The van der Waals surface area contributed by atoms with Gasteiger partial charge in [0.2, 0.25) is 20.0 Å². The molecule has 0 bridgehead atoms. The number of hydrogen-bond acceptors (Lipinski definition) is 7. The van der Waals surface area contributed by atoms with Crippen LogP contribution in [0.1, 0.15) is 12.8 Å². The van der Waals surface area contributed by atoms with Crippen LogP contribution in [0.5, 0.6) is 0 Å². The van der Waals surface area contributed by atoms with E-state index in [1.807, 2.05) is 4.90 Å². The van der Waals surface area contributed by atoms with E-state index in [1.54, 1.807) is 18.6 Å². The summed E-state index contributed by atoms with van der Waals surface area (Å²) in [6.07, 6.45) is 6.57. The fraction of sp³-hybridized carbons (Fsp3) is 0.444. The van der Waals surface area contributed by atoms with Gasteiger partial charge in [-0.05, 0) is 37.1 Å². The molecule has 0 saturated carbocycles. The summed E-state index contributed by atoms with van der Waals surface area (Å²) in [7, 11) is -7.25. The SMILES string of the molecule is O=S(=O)(c1ccc(S(=O)(=O)N2CCN(c3cnccn3)CC2)cc1)N1CCCC1. The highest BCUT2D eigenvalue weighted by atomic mass is 32.2. The van der Waals surface area contributed by atoms with Crippen LogP contribution in [0.15, 0.2) is 52.6 Å². The average molecular weight is 438 g/mol. The predicted molar refractivity (Wildman–Crippen MR) is 107 cm³/mol. The van der Waals surface area contributed by atoms with Crippen LogP contribution in [0.3, 0.4) is 0 Å². The minimum absolute atomic E-state index is 0.103. The van der Waals surface area contributed by atoms with Crippen LogP contribution < -0.4 is 4.90 Å². The molecule has 2 aliphatic heterocycles. The second kappa shape index (κ2) is 7.98. The molecule has 29 heavy (non-hydrogen) atoms. The van der Waals surface area contributed by atoms with E-state index in [1.165, 1.54) is 32.9 Å². The molecule has 0 atom stereocenters. The van der Waals surface area contributed by atoms with E-state index in [2.05, 4.69) is 9.97 Å². The number of anilines is 1. The van der Waals surface area contributed by atoms with Crippen molar-refractivity contribution in [2.75, 3.05) is 44.2 Å². The van der Waals surface area contributed by atoms with Crippen LogP contribution in [0, 0.1) is 0 Å². The van der Waals surface area contributed by atoms with Gasteiger partial charge in [0, 0.05) is 51.7 Å². The zero-order chi connectivity index (χ0) is 20.5. The molecule has 4 rings (SSSR count). The maximum absolute atomic E-state index is 13.0. The molecule has 0 spiro atoms. The van der Waals surface area contributed by atoms with Crippen molar-refractivity contribution < 1.29 is 16.8 Å². The summed E-state index contributed by atoms with van der Waals surface area (Å²) in [6.45, 7) is 2.70. The van der Waals surface area contributed by atoms with Crippen molar-refractivity contribution in [2.24, 2.45) is 0 Å². The normalized spacial score (nSPS) is 19.5. The molecule has 2 saturated heterocycles. The van der Waals surface area contributed by atoms with Gasteiger partial charge in [0.1, 0.15) is 5.82 Å². The number of sulfonamides is 2. The number of aromatic nitrogens is 2. The maximum atomic E-state index is 13.0. The van der Waals surface area contributed by atoms with Crippen molar-refractivity contribution in [3.63, 3.8) is 0 Å². The summed E-state index contributed by atoms with van der Waals surface area (Å²) in [5, 5.41) is 0. The molecule has 0 unspecified atom stereocenters. The van der Waals surface area contributed by atoms with Crippen molar-refractivity contribution in [3.05, 3.63) is 42.9 Å². The van der Waals surface area contributed by atoms with E-state index >= 15 is 0 Å². The Bertz CT molecular complexity index is 1050. The maximum Gasteiger partial charge on any atom is 0.243 e. The van der Waals surface area contributed by atoms with E-state index < -0.39 is 20.0 Å². The van der Waals surface area contributed by atoms with Gasteiger partial charge in [-0.15, -0.1) is 0 Å². The lowest BCUT2D eigenvalue weighted by molar-refractivity contribution is 0.383. The number of hydrogen-bond donors (Lipinski definition) is 0. The summed E-state index contributed by atoms with van der Waals surface area (Å²) in [5.74, 6) is 0.723. The molecule has 156 valence electrons. The molecule has 1 aromatic carbocycles. The number of nitrogens with zero attached hydrogens (tertiary/aromatic N) is 5. The molecule has 0 N–H and O–H groups in total. The standard InChI is InChI=1S/C18H23N5O4S2/c24-28(25,22-9-1-2-10-22)16-3-5-17(6-4-16)29(26,27)23-13-11-21(12-14-23)18-15-19-7-8-20-18/h3-8,15H,1-2,9-14H2. The summed E-state index contributed by atoms with van der Waals surface area (Å²) in [5.41, 5.74) is 0. The van der Waals surface area contributed by atoms with Crippen LogP contribution in [0.25, 0.3) is 0 Å². The third-order valence-corrected chi connectivity index (χ3v) is 9.10. The molecule has 2 aliphatic rings. The molecule has 3 heterocycles. The second-order valence-electron chi connectivity index (χ2n) is 7.04. The van der Waals surface area contributed by atoms with Gasteiger partial charge in [0.05, 0.1) is 16.0 Å². The van der Waals surface area contributed by atoms with Crippen LogP contribution >= 0.6 is 0 Å². The van der Waals surface area contributed by atoms with Gasteiger partial charge in [-0.3, -0.25) is 4.98 Å². The minimum atomic E-state index is -3.69. The molecule has 2 fully saturated rings. The van der Waals surface area contributed by atoms with E-state index in [0.717, 1.165) is 18.7 Å². The molecular formula is C18H23N5O4S2. The van der Waals surface area contributed by atoms with E-state index in [-0.39, 0.29) is 9.79 Å². The number of piperazine rings is 1. The summed E-state index contributed by atoms with van der Waals surface area (Å²) in [6, 6.07) is 5.54. The largest absolute Gasteiger partial charge is 0.353 e. The molecule has 9 nitrogen and oxygen atoms in total. The topological polar surface area (TPSA) is 104 Å². The lowest BCUT2D eigenvalue weighted by Crippen LogP contribution is -2.48. The lowest BCUT2D eigenvalue weighted by Gasteiger charge is -2.34. The monoisotopic (exact) mass is 437 g/mol. The quantitative estimate of drug-likeness (QED) is 0.681. The van der Waals surface area contributed by atoms with E-state index in [9.17, 15) is 16.8 Å². The predicted octanol–water partition coefficient (Wildman–Crippen LogP) is 0.772. The van der Waals surface area contributed by atoms with Crippen molar-refractivity contribution in [1.82, 2.24) is 18.6 Å². The lowest BCUT2D eigenvalue weighted by atomic mass is 10.3. The first-order valence-electron chi connectivity index (χ1n) is 9.50. The van der Waals surface area contributed by atoms with Gasteiger partial charge in [-0.2, -0.15) is 8.61 Å². The number of benzene rings is 1. The van der Waals surface area contributed by atoms with Gasteiger partial charge < -0.3 is 4.90 Å². The third-order valence-electron chi connectivity index (χ3n) is 5.28. The van der Waals surface area contributed by atoms with Gasteiger partial charge in [0.25, 0.3) is 0 Å². The molecule has 0 radical (unpaired) electrons. The molecule has 0 amide bonds. The van der Waals surface area contributed by atoms with Gasteiger partial charge >= 0.3 is 0 Å². The van der Waals surface area contributed by atoms with E-state index in [4.69, 9.17) is 0 Å². The van der Waals surface area contributed by atoms with Gasteiger partial charge in [-0.1, -0.05) is 0 Å². The Morgan fingerprint density at radius 3 is 1.69 bits per heavy atom. The first kappa shape index (κ1) is 20.2.